The van der Waals surface area contributed by atoms with E-state index in [-0.39, 0.29) is 12.4 Å². The number of hydrogen-bond donors (Lipinski definition) is 1. The Kier molecular flexibility index (Phi) is 6.42. The first kappa shape index (κ1) is 16.2. The van der Waals surface area contributed by atoms with Crippen molar-refractivity contribution in [3.05, 3.63) is 29.6 Å². The Labute approximate surface area is 126 Å². The molecule has 1 saturated heterocycles. The van der Waals surface area contributed by atoms with Crippen LogP contribution in [0.15, 0.2) is 18.2 Å². The van der Waals surface area contributed by atoms with Gasteiger partial charge in [-0.2, -0.15) is 0 Å². The Morgan fingerprint density at radius 1 is 1.29 bits per heavy atom. The summed E-state index contributed by atoms with van der Waals surface area (Å²) in [6.07, 6.45) is 1.02. The zero-order valence-electron chi connectivity index (χ0n) is 12.7. The van der Waals surface area contributed by atoms with Crippen molar-refractivity contribution in [1.29, 1.82) is 0 Å². The van der Waals surface area contributed by atoms with Gasteiger partial charge >= 0.3 is 0 Å². The van der Waals surface area contributed by atoms with Crippen LogP contribution in [0.1, 0.15) is 18.9 Å². The van der Waals surface area contributed by atoms with E-state index in [0.717, 1.165) is 31.6 Å². The van der Waals surface area contributed by atoms with Crippen LogP contribution in [0, 0.1) is 5.82 Å². The lowest BCUT2D eigenvalue weighted by atomic mass is 10.1. The minimum atomic E-state index is -0.171. The maximum atomic E-state index is 14.3. The maximum Gasteiger partial charge on any atom is 0.146 e. The molecule has 0 bridgehead atoms. The predicted molar refractivity (Wildman–Crippen MR) is 82.1 cm³/mol. The standard InChI is InChI=1S/C16H25FN2O2/c1-2-5-18(6-9-20)13-14-3-4-16(15(17)12-14)19-7-10-21-11-8-19/h3-4,12,20H,2,5-11,13H2,1H3. The largest absolute Gasteiger partial charge is 0.395 e. The fourth-order valence-corrected chi connectivity index (χ4v) is 2.70. The van der Waals surface area contributed by atoms with Crippen LogP contribution in [-0.4, -0.2) is 56.0 Å². The Morgan fingerprint density at radius 3 is 2.67 bits per heavy atom. The van der Waals surface area contributed by atoms with Crippen molar-refractivity contribution >= 4 is 5.69 Å². The van der Waals surface area contributed by atoms with Gasteiger partial charge in [0.25, 0.3) is 0 Å². The number of benzene rings is 1. The number of aliphatic hydroxyl groups excluding tert-OH is 1. The van der Waals surface area contributed by atoms with Crippen molar-refractivity contribution in [3.63, 3.8) is 0 Å². The van der Waals surface area contributed by atoms with Gasteiger partial charge in [-0.3, -0.25) is 4.90 Å². The third-order valence-corrected chi connectivity index (χ3v) is 3.73. The summed E-state index contributed by atoms with van der Waals surface area (Å²) in [4.78, 5) is 4.17. The number of rotatable bonds is 7. The van der Waals surface area contributed by atoms with Gasteiger partial charge in [0.05, 0.1) is 25.5 Å². The molecule has 0 unspecified atom stereocenters. The minimum Gasteiger partial charge on any atom is -0.395 e. The first-order chi connectivity index (χ1) is 10.2. The molecule has 1 aromatic carbocycles. The van der Waals surface area contributed by atoms with E-state index in [0.29, 0.717) is 32.0 Å². The second-order valence-electron chi connectivity index (χ2n) is 5.38. The molecule has 1 aromatic rings. The fourth-order valence-electron chi connectivity index (χ4n) is 2.70. The Bertz CT molecular complexity index is 430. The first-order valence-corrected chi connectivity index (χ1v) is 7.69. The van der Waals surface area contributed by atoms with Gasteiger partial charge in [-0.15, -0.1) is 0 Å². The summed E-state index contributed by atoms with van der Waals surface area (Å²) in [6, 6.07) is 5.46. The van der Waals surface area contributed by atoms with Crippen LogP contribution in [-0.2, 0) is 11.3 Å². The number of halogens is 1. The summed E-state index contributed by atoms with van der Waals surface area (Å²) < 4.78 is 19.6. The molecule has 0 radical (unpaired) electrons. The number of anilines is 1. The first-order valence-electron chi connectivity index (χ1n) is 7.69. The average molecular weight is 296 g/mol. The molecule has 1 aliphatic rings. The zero-order chi connectivity index (χ0) is 15.1. The molecule has 21 heavy (non-hydrogen) atoms. The molecule has 0 spiro atoms. The van der Waals surface area contributed by atoms with Gasteiger partial charge in [-0.25, -0.2) is 4.39 Å². The van der Waals surface area contributed by atoms with E-state index >= 15 is 0 Å². The van der Waals surface area contributed by atoms with E-state index < -0.39 is 0 Å². The monoisotopic (exact) mass is 296 g/mol. The lowest BCUT2D eigenvalue weighted by Crippen LogP contribution is -2.36. The van der Waals surface area contributed by atoms with Gasteiger partial charge in [-0.1, -0.05) is 13.0 Å². The molecule has 1 heterocycles. The third kappa shape index (κ3) is 4.66. The third-order valence-electron chi connectivity index (χ3n) is 3.73. The molecule has 0 amide bonds. The molecule has 1 fully saturated rings. The lowest BCUT2D eigenvalue weighted by molar-refractivity contribution is 0.122. The molecule has 0 saturated carbocycles. The van der Waals surface area contributed by atoms with Gasteiger partial charge in [0.15, 0.2) is 0 Å². The smallest absolute Gasteiger partial charge is 0.146 e. The molecular weight excluding hydrogens is 271 g/mol. The van der Waals surface area contributed by atoms with Crippen LogP contribution >= 0.6 is 0 Å². The van der Waals surface area contributed by atoms with Gasteiger partial charge in [0, 0.05) is 26.2 Å². The quantitative estimate of drug-likeness (QED) is 0.833. The molecule has 0 atom stereocenters. The highest BCUT2D eigenvalue weighted by Crippen LogP contribution is 2.22. The molecule has 1 aliphatic heterocycles. The van der Waals surface area contributed by atoms with Crippen LogP contribution in [0.25, 0.3) is 0 Å². The van der Waals surface area contributed by atoms with Gasteiger partial charge in [0.2, 0.25) is 0 Å². The van der Waals surface area contributed by atoms with Crippen LogP contribution in [0.3, 0.4) is 0 Å². The maximum absolute atomic E-state index is 14.3. The normalized spacial score (nSPS) is 15.7. The van der Waals surface area contributed by atoms with Crippen molar-refractivity contribution in [1.82, 2.24) is 4.90 Å². The molecule has 0 aromatic heterocycles. The van der Waals surface area contributed by atoms with Crippen LogP contribution in [0.5, 0.6) is 0 Å². The van der Waals surface area contributed by atoms with Crippen molar-refractivity contribution in [3.8, 4) is 0 Å². The second kappa shape index (κ2) is 8.32. The lowest BCUT2D eigenvalue weighted by Gasteiger charge is -2.29. The van der Waals surface area contributed by atoms with Crippen LogP contribution < -0.4 is 4.90 Å². The van der Waals surface area contributed by atoms with E-state index in [9.17, 15) is 4.39 Å². The van der Waals surface area contributed by atoms with Gasteiger partial charge < -0.3 is 14.7 Å². The van der Waals surface area contributed by atoms with E-state index in [1.54, 1.807) is 6.07 Å². The van der Waals surface area contributed by atoms with Crippen molar-refractivity contribution in [2.24, 2.45) is 0 Å². The summed E-state index contributed by atoms with van der Waals surface area (Å²) in [5.41, 5.74) is 1.61. The van der Waals surface area contributed by atoms with Crippen LogP contribution in [0.2, 0.25) is 0 Å². The van der Waals surface area contributed by atoms with Crippen LogP contribution in [0.4, 0.5) is 10.1 Å². The molecule has 4 nitrogen and oxygen atoms in total. The molecule has 2 rings (SSSR count). The van der Waals surface area contributed by atoms with Crippen molar-refractivity contribution in [2.45, 2.75) is 19.9 Å². The highest BCUT2D eigenvalue weighted by molar-refractivity contribution is 5.49. The number of aliphatic hydroxyl groups is 1. The predicted octanol–water partition coefficient (Wildman–Crippen LogP) is 1.87. The summed E-state index contributed by atoms with van der Waals surface area (Å²) in [5.74, 6) is -0.171. The fraction of sp³-hybridized carbons (Fsp3) is 0.625. The molecule has 1 N–H and O–H groups in total. The number of hydrogen-bond acceptors (Lipinski definition) is 4. The van der Waals surface area contributed by atoms with E-state index in [2.05, 4.69) is 11.8 Å². The van der Waals surface area contributed by atoms with E-state index in [4.69, 9.17) is 9.84 Å². The molecular formula is C16H25FN2O2. The highest BCUT2D eigenvalue weighted by atomic mass is 19.1. The Balaban J connectivity index is 2.03. The van der Waals surface area contributed by atoms with Gasteiger partial charge in [0.1, 0.15) is 5.82 Å². The average Bonchev–Trinajstić information content (AvgIpc) is 2.49. The zero-order valence-corrected chi connectivity index (χ0v) is 12.7. The van der Waals surface area contributed by atoms with Crippen molar-refractivity contribution in [2.75, 3.05) is 50.9 Å². The highest BCUT2D eigenvalue weighted by Gasteiger charge is 2.15. The molecule has 118 valence electrons. The topological polar surface area (TPSA) is 35.9 Å². The summed E-state index contributed by atoms with van der Waals surface area (Å²) >= 11 is 0. The van der Waals surface area contributed by atoms with E-state index in [1.165, 1.54) is 0 Å². The van der Waals surface area contributed by atoms with E-state index in [1.807, 2.05) is 17.0 Å². The molecule has 0 aliphatic carbocycles. The van der Waals surface area contributed by atoms with Gasteiger partial charge in [-0.05, 0) is 30.7 Å². The van der Waals surface area contributed by atoms with Crippen molar-refractivity contribution < 1.29 is 14.2 Å². The minimum absolute atomic E-state index is 0.133. The second-order valence-corrected chi connectivity index (χ2v) is 5.38. The number of nitrogens with zero attached hydrogens (tertiary/aromatic N) is 2. The number of ether oxygens (including phenoxy) is 1. The summed E-state index contributed by atoms with van der Waals surface area (Å²) in [7, 11) is 0. The Hall–Kier alpha value is -1.17. The summed E-state index contributed by atoms with van der Waals surface area (Å²) in [6.45, 7) is 7.24. The number of morpholine rings is 1. The summed E-state index contributed by atoms with van der Waals surface area (Å²) in [5, 5.41) is 9.08. The SMILES string of the molecule is CCCN(CCO)Cc1ccc(N2CCOCC2)c(F)c1. The Morgan fingerprint density at radius 2 is 2.05 bits per heavy atom. The molecule has 5 heteroatoms.